The van der Waals surface area contributed by atoms with E-state index in [0.29, 0.717) is 38.3 Å². The van der Waals surface area contributed by atoms with Crippen molar-refractivity contribution >= 4 is 30.6 Å². The number of likely N-dealkylation sites (tertiary alicyclic amines) is 1. The Morgan fingerprint density at radius 3 is 2.90 bits per heavy atom. The highest BCUT2D eigenvalue weighted by atomic mass is 32.1. The number of carbonyl (C=O) groups excluding carboxylic acids is 1. The van der Waals surface area contributed by atoms with Gasteiger partial charge in [0.1, 0.15) is 11.9 Å². The largest absolute Gasteiger partial charge is 0.481 e. The minimum atomic E-state index is -0.887. The number of esters is 1. The number of piperidine rings is 1. The molecule has 1 fully saturated rings. The van der Waals surface area contributed by atoms with Gasteiger partial charge in [0.25, 0.3) is 0 Å². The molecule has 1 saturated heterocycles. The number of carbonyl (C=O) groups is 2. The van der Waals surface area contributed by atoms with Crippen LogP contribution < -0.4 is 0 Å². The van der Waals surface area contributed by atoms with Crippen LogP contribution in [0, 0.1) is 5.82 Å². The second-order valence-corrected chi connectivity index (χ2v) is 7.82. The molecule has 0 amide bonds. The van der Waals surface area contributed by atoms with Gasteiger partial charge in [-0.05, 0) is 41.0 Å². The minimum absolute atomic E-state index is 0.0162. The van der Waals surface area contributed by atoms with Gasteiger partial charge in [-0.15, -0.1) is 5.10 Å². The number of methoxy groups -OCH3 is 1. The smallest absolute Gasteiger partial charge is 0.327 e. The van der Waals surface area contributed by atoms with E-state index in [9.17, 15) is 14.0 Å². The third-order valence-electron chi connectivity index (χ3n) is 5.13. The first-order valence-corrected chi connectivity index (χ1v) is 10.3. The monoisotopic (exact) mass is 449 g/mol. The first-order valence-electron chi connectivity index (χ1n) is 9.83. The maximum absolute atomic E-state index is 14.5. The molecule has 1 aliphatic rings. The number of benzene rings is 1. The number of tetrazole rings is 1. The fourth-order valence-corrected chi connectivity index (χ4v) is 3.83. The highest BCUT2D eigenvalue weighted by Crippen LogP contribution is 2.31. The molecule has 2 unspecified atom stereocenters. The summed E-state index contributed by atoms with van der Waals surface area (Å²) in [6.07, 6.45) is 2.84. The molecule has 1 aliphatic heterocycles. The van der Waals surface area contributed by atoms with Gasteiger partial charge >= 0.3 is 11.9 Å². The van der Waals surface area contributed by atoms with Crippen molar-refractivity contribution in [3.8, 4) is 0 Å². The molecular formula is C20H24FN5O4S. The van der Waals surface area contributed by atoms with Gasteiger partial charge in [0, 0.05) is 36.9 Å². The molecule has 2 heterocycles. The lowest BCUT2D eigenvalue weighted by Gasteiger charge is -2.36. The predicted octanol–water partition coefficient (Wildman–Crippen LogP) is 1.98. The van der Waals surface area contributed by atoms with Gasteiger partial charge in [0.05, 0.1) is 7.11 Å². The van der Waals surface area contributed by atoms with E-state index in [1.165, 1.54) is 17.9 Å². The Morgan fingerprint density at radius 1 is 1.42 bits per heavy atom. The van der Waals surface area contributed by atoms with Crippen LogP contribution in [0.4, 0.5) is 4.39 Å². The average Bonchev–Trinajstić information content (AvgIpc) is 3.18. The van der Waals surface area contributed by atoms with E-state index < -0.39 is 23.8 Å². The van der Waals surface area contributed by atoms with Gasteiger partial charge in [0.2, 0.25) is 0 Å². The Hall–Kier alpha value is -2.79. The van der Waals surface area contributed by atoms with E-state index in [-0.39, 0.29) is 17.2 Å². The number of aliphatic carboxylic acids is 1. The van der Waals surface area contributed by atoms with Gasteiger partial charge in [-0.3, -0.25) is 9.69 Å². The number of ether oxygens (including phenoxy) is 1. The molecule has 166 valence electrons. The molecule has 9 nitrogen and oxygen atoms in total. The minimum Gasteiger partial charge on any atom is -0.481 e. The van der Waals surface area contributed by atoms with Crippen molar-refractivity contribution in [2.24, 2.45) is 0 Å². The van der Waals surface area contributed by atoms with E-state index in [4.69, 9.17) is 9.84 Å². The van der Waals surface area contributed by atoms with E-state index in [0.717, 1.165) is 5.57 Å². The summed E-state index contributed by atoms with van der Waals surface area (Å²) in [5, 5.41) is 20.3. The van der Waals surface area contributed by atoms with Crippen LogP contribution >= 0.6 is 12.6 Å². The van der Waals surface area contributed by atoms with Crippen molar-refractivity contribution in [2.45, 2.75) is 37.1 Å². The fourth-order valence-electron chi connectivity index (χ4n) is 3.56. The predicted molar refractivity (Wildman–Crippen MR) is 113 cm³/mol. The molecule has 0 bridgehead atoms. The Balaban J connectivity index is 1.84. The Morgan fingerprint density at radius 2 is 2.19 bits per heavy atom. The molecule has 2 atom stereocenters. The number of aromatic nitrogens is 4. The zero-order valence-corrected chi connectivity index (χ0v) is 17.9. The molecule has 2 aromatic rings. The lowest BCUT2D eigenvalue weighted by atomic mass is 9.97. The average molecular weight is 450 g/mol. The molecule has 31 heavy (non-hydrogen) atoms. The number of halogens is 1. The summed E-state index contributed by atoms with van der Waals surface area (Å²) in [4.78, 5) is 25.1. The zero-order valence-electron chi connectivity index (χ0n) is 17.0. The van der Waals surface area contributed by atoms with Gasteiger partial charge in [-0.25, -0.2) is 13.9 Å². The lowest BCUT2D eigenvalue weighted by molar-refractivity contribution is -0.147. The first kappa shape index (κ1) is 22.9. The molecule has 3 rings (SSSR count). The molecule has 0 radical (unpaired) electrons. The van der Waals surface area contributed by atoms with Crippen LogP contribution in [0.1, 0.15) is 36.7 Å². The van der Waals surface area contributed by atoms with Crippen molar-refractivity contribution in [1.82, 2.24) is 25.1 Å². The maximum Gasteiger partial charge on any atom is 0.327 e. The van der Waals surface area contributed by atoms with Crippen LogP contribution in [0.25, 0.3) is 6.08 Å². The molecule has 1 aromatic heterocycles. The van der Waals surface area contributed by atoms with Crippen molar-refractivity contribution in [3.05, 3.63) is 47.0 Å². The third-order valence-corrected chi connectivity index (χ3v) is 5.72. The number of nitrogens with zero attached hydrogens (tertiary/aromatic N) is 5. The number of aryl methyl sites for hydroxylation is 1. The number of thiol groups is 1. The Kier molecular flexibility index (Phi) is 7.75. The molecule has 1 aromatic carbocycles. The zero-order chi connectivity index (χ0) is 22.4. The summed E-state index contributed by atoms with van der Waals surface area (Å²) in [5.74, 6) is -1.42. The number of carboxylic acids is 1. The van der Waals surface area contributed by atoms with E-state index in [1.807, 2.05) is 4.90 Å². The number of carboxylic acid groups (broad SMARTS) is 1. The summed E-state index contributed by atoms with van der Waals surface area (Å²) < 4.78 is 20.9. The van der Waals surface area contributed by atoms with Crippen LogP contribution in [0.5, 0.6) is 0 Å². The van der Waals surface area contributed by atoms with Crippen LogP contribution in [0.3, 0.4) is 0 Å². The van der Waals surface area contributed by atoms with Crippen molar-refractivity contribution in [1.29, 1.82) is 0 Å². The molecule has 0 aliphatic carbocycles. The lowest BCUT2D eigenvalue weighted by Crippen LogP contribution is -2.42. The van der Waals surface area contributed by atoms with E-state index in [2.05, 4.69) is 28.2 Å². The summed E-state index contributed by atoms with van der Waals surface area (Å²) in [7, 11) is 1.28. The Bertz CT molecular complexity index is 967. The normalized spacial score (nSPS) is 19.3. The van der Waals surface area contributed by atoms with Gasteiger partial charge < -0.3 is 9.84 Å². The molecular weight excluding hydrogens is 425 g/mol. The third kappa shape index (κ3) is 5.67. The molecule has 0 spiro atoms. The highest BCUT2D eigenvalue weighted by molar-refractivity contribution is 7.81. The molecule has 1 N–H and O–H groups in total. The second-order valence-electron chi connectivity index (χ2n) is 7.20. The SMILES string of the molecule is COC(=O)C(c1ccccc1F)N1CCC(S)C(=Cc2nnnn2CCCC(=O)O)C1. The summed E-state index contributed by atoms with van der Waals surface area (Å²) >= 11 is 4.65. The molecule has 11 heteroatoms. The number of hydrogen-bond acceptors (Lipinski definition) is 8. The quantitative estimate of drug-likeness (QED) is 0.465. The van der Waals surface area contributed by atoms with Crippen molar-refractivity contribution in [2.75, 3.05) is 20.2 Å². The maximum atomic E-state index is 14.5. The van der Waals surface area contributed by atoms with E-state index in [1.54, 1.807) is 24.3 Å². The fraction of sp³-hybridized carbons (Fsp3) is 0.450. The van der Waals surface area contributed by atoms with Crippen LogP contribution in [0.2, 0.25) is 0 Å². The summed E-state index contributed by atoms with van der Waals surface area (Å²) in [5.41, 5.74) is 1.12. The molecule has 0 saturated carbocycles. The second kappa shape index (κ2) is 10.5. The highest BCUT2D eigenvalue weighted by Gasteiger charge is 2.34. The summed E-state index contributed by atoms with van der Waals surface area (Å²) in [6, 6.07) is 5.26. The Labute approximate surface area is 184 Å². The van der Waals surface area contributed by atoms with Gasteiger partial charge in [-0.1, -0.05) is 18.2 Å². The van der Waals surface area contributed by atoms with Crippen molar-refractivity contribution in [3.63, 3.8) is 0 Å². The number of rotatable bonds is 8. The van der Waals surface area contributed by atoms with Crippen LogP contribution in [-0.2, 0) is 20.9 Å². The van der Waals surface area contributed by atoms with Crippen LogP contribution in [0.15, 0.2) is 29.8 Å². The van der Waals surface area contributed by atoms with Crippen LogP contribution in [-0.4, -0.2) is 67.6 Å². The van der Waals surface area contributed by atoms with Gasteiger partial charge in [0.15, 0.2) is 5.82 Å². The first-order chi connectivity index (χ1) is 14.9. The van der Waals surface area contributed by atoms with Crippen molar-refractivity contribution < 1.29 is 23.8 Å². The summed E-state index contributed by atoms with van der Waals surface area (Å²) in [6.45, 7) is 1.24. The van der Waals surface area contributed by atoms with E-state index >= 15 is 0 Å². The van der Waals surface area contributed by atoms with Gasteiger partial charge in [-0.2, -0.15) is 12.6 Å². The topological polar surface area (TPSA) is 110 Å². The number of hydrogen-bond donors (Lipinski definition) is 2. The standard InChI is InChI=1S/C20H24FN5O4S/c1-30-20(29)19(14-5-2-3-6-15(14)21)25-10-8-16(31)13(12-25)11-17-22-23-24-26(17)9-4-7-18(27)28/h2-3,5-6,11,16,19,31H,4,7-10,12H2,1H3,(H,27,28).